The average Bonchev–Trinajstić information content (AvgIpc) is 1.86. The van der Waals surface area contributed by atoms with Gasteiger partial charge < -0.3 is 10.8 Å². The van der Waals surface area contributed by atoms with Crippen molar-refractivity contribution in [3.05, 3.63) is 0 Å². The van der Waals surface area contributed by atoms with E-state index in [-0.39, 0.29) is 17.9 Å². The summed E-state index contributed by atoms with van der Waals surface area (Å²) in [5.74, 6) is -0.503. The van der Waals surface area contributed by atoms with Gasteiger partial charge in [0.25, 0.3) is 0 Å². The molecule has 0 radical (unpaired) electrons. The van der Waals surface area contributed by atoms with Crippen LogP contribution in [0.3, 0.4) is 0 Å². The number of carboxylic acid groups (broad SMARTS) is 1. The summed E-state index contributed by atoms with van der Waals surface area (Å²) in [7, 11) is 0. The summed E-state index contributed by atoms with van der Waals surface area (Å²) in [6, 6.07) is -0.377. The minimum atomic E-state index is -0.879. The molecule has 1 unspecified atom stereocenters. The zero-order valence-corrected chi connectivity index (χ0v) is 7.56. The van der Waals surface area contributed by atoms with Gasteiger partial charge >= 0.3 is 5.97 Å². The van der Waals surface area contributed by atoms with E-state index in [4.69, 9.17) is 22.4 Å². The Kier molecular flexibility index (Phi) is 3.83. The monoisotopic (exact) mass is 179 g/mol. The van der Waals surface area contributed by atoms with Crippen LogP contribution in [0.1, 0.15) is 20.3 Å². The van der Waals surface area contributed by atoms with Crippen molar-refractivity contribution in [2.75, 3.05) is 5.88 Å². The van der Waals surface area contributed by atoms with Gasteiger partial charge in [-0.05, 0) is 5.41 Å². The molecule has 4 heteroatoms. The zero-order chi connectivity index (χ0) is 9.07. The van der Waals surface area contributed by atoms with E-state index in [0.717, 1.165) is 0 Å². The molecule has 0 saturated heterocycles. The number of hydrogen-bond acceptors (Lipinski definition) is 2. The largest absolute Gasteiger partial charge is 0.481 e. The van der Waals surface area contributed by atoms with Gasteiger partial charge in [-0.25, -0.2) is 0 Å². The number of rotatable bonds is 4. The molecule has 0 amide bonds. The lowest BCUT2D eigenvalue weighted by molar-refractivity contribution is -0.137. The molecule has 11 heavy (non-hydrogen) atoms. The predicted molar refractivity (Wildman–Crippen MR) is 44.7 cm³/mol. The molecule has 0 spiro atoms. The lowest BCUT2D eigenvalue weighted by atomic mass is 9.85. The standard InChI is InChI=1S/C7H14ClNO2/c1-7(2,4-8)5(9)3-6(10)11/h5H,3-4,9H2,1-2H3,(H,10,11). The molecule has 0 heterocycles. The van der Waals surface area contributed by atoms with Crippen LogP contribution in [0.15, 0.2) is 0 Å². The van der Waals surface area contributed by atoms with Crippen molar-refractivity contribution in [1.82, 2.24) is 0 Å². The van der Waals surface area contributed by atoms with E-state index in [1.807, 2.05) is 13.8 Å². The Labute approximate surface area is 71.5 Å². The first-order valence-electron chi connectivity index (χ1n) is 3.43. The first-order chi connectivity index (χ1) is 4.90. The van der Waals surface area contributed by atoms with E-state index in [0.29, 0.717) is 5.88 Å². The molecule has 0 aromatic rings. The summed E-state index contributed by atoms with van der Waals surface area (Å²) in [6.07, 6.45) is -0.0281. The molecule has 3 nitrogen and oxygen atoms in total. The van der Waals surface area contributed by atoms with E-state index in [1.54, 1.807) is 0 Å². The molecule has 1 atom stereocenters. The number of hydrogen-bond donors (Lipinski definition) is 2. The normalized spacial score (nSPS) is 14.5. The van der Waals surface area contributed by atoms with Crippen molar-refractivity contribution >= 4 is 17.6 Å². The summed E-state index contributed by atoms with van der Waals surface area (Å²) in [4.78, 5) is 10.2. The van der Waals surface area contributed by atoms with E-state index in [1.165, 1.54) is 0 Å². The highest BCUT2D eigenvalue weighted by molar-refractivity contribution is 6.18. The Morgan fingerprint density at radius 1 is 1.73 bits per heavy atom. The lowest BCUT2D eigenvalue weighted by Gasteiger charge is -2.27. The van der Waals surface area contributed by atoms with E-state index in [9.17, 15) is 4.79 Å². The van der Waals surface area contributed by atoms with Gasteiger partial charge in [-0.1, -0.05) is 13.8 Å². The maximum Gasteiger partial charge on any atom is 0.304 e. The highest BCUT2D eigenvalue weighted by atomic mass is 35.5. The van der Waals surface area contributed by atoms with Gasteiger partial charge in [-0.2, -0.15) is 0 Å². The smallest absolute Gasteiger partial charge is 0.304 e. The van der Waals surface area contributed by atoms with Gasteiger partial charge in [0.2, 0.25) is 0 Å². The third-order valence-corrected chi connectivity index (χ3v) is 2.43. The van der Waals surface area contributed by atoms with E-state index < -0.39 is 5.97 Å². The Bertz CT molecular complexity index is 147. The number of alkyl halides is 1. The molecular weight excluding hydrogens is 166 g/mol. The van der Waals surface area contributed by atoms with Crippen LogP contribution in [-0.2, 0) is 4.79 Å². The van der Waals surface area contributed by atoms with Crippen LogP contribution in [0.5, 0.6) is 0 Å². The van der Waals surface area contributed by atoms with Crippen molar-refractivity contribution in [1.29, 1.82) is 0 Å². The molecule has 3 N–H and O–H groups in total. The fraction of sp³-hybridized carbons (Fsp3) is 0.857. The van der Waals surface area contributed by atoms with Crippen LogP contribution in [0.25, 0.3) is 0 Å². The van der Waals surface area contributed by atoms with Crippen molar-refractivity contribution in [2.45, 2.75) is 26.3 Å². The number of halogens is 1. The molecule has 0 aliphatic heterocycles. The first kappa shape index (κ1) is 10.7. The summed E-state index contributed by atoms with van der Waals surface area (Å²) in [5, 5.41) is 8.42. The quantitative estimate of drug-likeness (QED) is 0.635. The topological polar surface area (TPSA) is 63.3 Å². The number of aliphatic carboxylic acids is 1. The fourth-order valence-corrected chi connectivity index (χ4v) is 0.762. The molecule has 0 saturated carbocycles. The Balaban J connectivity index is 4.01. The second-order valence-electron chi connectivity index (χ2n) is 3.33. The second-order valence-corrected chi connectivity index (χ2v) is 3.59. The van der Waals surface area contributed by atoms with Crippen LogP contribution < -0.4 is 5.73 Å². The molecule has 0 aliphatic carbocycles. The molecule has 0 aromatic carbocycles. The van der Waals surface area contributed by atoms with E-state index in [2.05, 4.69) is 0 Å². The van der Waals surface area contributed by atoms with Crippen LogP contribution >= 0.6 is 11.6 Å². The Hall–Kier alpha value is -0.280. The lowest BCUT2D eigenvalue weighted by Crippen LogP contribution is -2.40. The van der Waals surface area contributed by atoms with Crippen LogP contribution in [0.4, 0.5) is 0 Å². The minimum Gasteiger partial charge on any atom is -0.481 e. The summed E-state index contributed by atoms with van der Waals surface area (Å²) < 4.78 is 0. The third-order valence-electron chi connectivity index (χ3n) is 1.74. The van der Waals surface area contributed by atoms with Crippen molar-refractivity contribution in [3.63, 3.8) is 0 Å². The molecule has 0 aliphatic rings. The summed E-state index contributed by atoms with van der Waals surface area (Å²) in [6.45, 7) is 3.71. The zero-order valence-electron chi connectivity index (χ0n) is 6.80. The highest BCUT2D eigenvalue weighted by Gasteiger charge is 2.26. The highest BCUT2D eigenvalue weighted by Crippen LogP contribution is 2.22. The van der Waals surface area contributed by atoms with Crippen molar-refractivity contribution < 1.29 is 9.90 Å². The maximum absolute atomic E-state index is 10.2. The van der Waals surface area contributed by atoms with E-state index >= 15 is 0 Å². The average molecular weight is 180 g/mol. The Morgan fingerprint density at radius 2 is 2.18 bits per heavy atom. The van der Waals surface area contributed by atoms with Crippen LogP contribution in [-0.4, -0.2) is 23.0 Å². The maximum atomic E-state index is 10.2. The summed E-state index contributed by atoms with van der Waals surface area (Å²) in [5.41, 5.74) is 5.29. The molecule has 0 rings (SSSR count). The van der Waals surface area contributed by atoms with Gasteiger partial charge in [-0.3, -0.25) is 4.79 Å². The first-order valence-corrected chi connectivity index (χ1v) is 3.97. The minimum absolute atomic E-state index is 0.0281. The Morgan fingerprint density at radius 3 is 2.45 bits per heavy atom. The van der Waals surface area contributed by atoms with Gasteiger partial charge in [0.15, 0.2) is 0 Å². The van der Waals surface area contributed by atoms with Crippen LogP contribution in [0.2, 0.25) is 0 Å². The predicted octanol–water partition coefficient (Wildman–Crippen LogP) is 1.05. The van der Waals surface area contributed by atoms with Crippen LogP contribution in [0, 0.1) is 5.41 Å². The van der Waals surface area contributed by atoms with Crippen molar-refractivity contribution in [2.24, 2.45) is 11.1 Å². The van der Waals surface area contributed by atoms with Gasteiger partial charge in [0, 0.05) is 11.9 Å². The number of nitrogens with two attached hydrogens (primary N) is 1. The SMILES string of the molecule is CC(C)(CCl)C(N)CC(=O)O. The molecule has 0 bridgehead atoms. The number of carboxylic acids is 1. The third kappa shape index (κ3) is 3.58. The molecule has 66 valence electrons. The molecule has 0 aromatic heterocycles. The summed E-state index contributed by atoms with van der Waals surface area (Å²) >= 11 is 5.60. The molecule has 0 fully saturated rings. The van der Waals surface area contributed by atoms with Gasteiger partial charge in [0.1, 0.15) is 0 Å². The van der Waals surface area contributed by atoms with Gasteiger partial charge in [0.05, 0.1) is 6.42 Å². The molecular formula is C7H14ClNO2. The van der Waals surface area contributed by atoms with Gasteiger partial charge in [-0.15, -0.1) is 11.6 Å². The second kappa shape index (κ2) is 3.93. The number of carbonyl (C=O) groups is 1. The van der Waals surface area contributed by atoms with Crippen molar-refractivity contribution in [3.8, 4) is 0 Å². The fourth-order valence-electron chi connectivity index (χ4n) is 0.564.